The first-order valence-electron chi connectivity index (χ1n) is 8.39. The van der Waals surface area contributed by atoms with Gasteiger partial charge in [-0.3, -0.25) is 4.79 Å². The molecule has 0 spiro atoms. The first kappa shape index (κ1) is 16.3. The Kier molecular flexibility index (Phi) is 5.55. The monoisotopic (exact) mass is 374 g/mol. The Morgan fingerprint density at radius 2 is 1.78 bits per heavy atom. The van der Waals surface area contributed by atoms with E-state index in [9.17, 15) is 4.79 Å². The second-order valence-corrected chi connectivity index (χ2v) is 7.22. The molecule has 1 fully saturated rings. The summed E-state index contributed by atoms with van der Waals surface area (Å²) >= 11 is 3.47. The lowest BCUT2D eigenvalue weighted by atomic mass is 9.95. The third kappa shape index (κ3) is 4.47. The lowest BCUT2D eigenvalue weighted by Crippen LogP contribution is -2.37. The lowest BCUT2D eigenvalue weighted by molar-refractivity contribution is -0.122. The van der Waals surface area contributed by atoms with Crippen molar-refractivity contribution in [3.05, 3.63) is 58.8 Å². The summed E-state index contributed by atoms with van der Waals surface area (Å²) in [5, 5.41) is 3.23. The van der Waals surface area contributed by atoms with Crippen LogP contribution in [0.1, 0.15) is 50.1 Å². The van der Waals surface area contributed by atoms with Crippen molar-refractivity contribution in [3.63, 3.8) is 0 Å². The van der Waals surface area contributed by atoms with Gasteiger partial charge < -0.3 is 9.88 Å². The van der Waals surface area contributed by atoms with E-state index in [1.807, 2.05) is 36.7 Å². The van der Waals surface area contributed by atoms with E-state index in [4.69, 9.17) is 0 Å². The molecule has 1 aliphatic carbocycles. The van der Waals surface area contributed by atoms with E-state index in [1.54, 1.807) is 0 Å². The van der Waals surface area contributed by atoms with Gasteiger partial charge in [-0.1, -0.05) is 47.3 Å². The van der Waals surface area contributed by atoms with Gasteiger partial charge in [0.15, 0.2) is 0 Å². The molecule has 0 saturated heterocycles. The predicted molar refractivity (Wildman–Crippen MR) is 96.3 cm³/mol. The fourth-order valence-electron chi connectivity index (χ4n) is 3.35. The summed E-state index contributed by atoms with van der Waals surface area (Å²) in [5.74, 6) is 0.151. The Bertz CT molecular complexity index is 615. The molecule has 0 unspecified atom stereocenters. The average molecular weight is 375 g/mol. The highest BCUT2D eigenvalue weighted by molar-refractivity contribution is 9.10. The minimum absolute atomic E-state index is 0.0432. The van der Waals surface area contributed by atoms with E-state index in [2.05, 4.69) is 37.9 Å². The molecule has 3 nitrogen and oxygen atoms in total. The normalized spacial score (nSPS) is 16.9. The van der Waals surface area contributed by atoms with Gasteiger partial charge in [0.2, 0.25) is 5.91 Å². The number of hydrogen-bond donors (Lipinski definition) is 1. The number of hydrogen-bond acceptors (Lipinski definition) is 1. The maximum Gasteiger partial charge on any atom is 0.222 e. The summed E-state index contributed by atoms with van der Waals surface area (Å²) in [6.07, 6.45) is 10.6. The summed E-state index contributed by atoms with van der Waals surface area (Å²) in [6, 6.07) is 12.7. The summed E-state index contributed by atoms with van der Waals surface area (Å²) in [4.78, 5) is 12.5. The molecule has 1 aromatic carbocycles. The van der Waals surface area contributed by atoms with Gasteiger partial charge in [0.05, 0.1) is 12.5 Å². The van der Waals surface area contributed by atoms with Crippen LogP contribution in [-0.2, 0) is 4.79 Å². The topological polar surface area (TPSA) is 34.0 Å². The van der Waals surface area contributed by atoms with Crippen LogP contribution in [-0.4, -0.2) is 16.5 Å². The van der Waals surface area contributed by atoms with Crippen LogP contribution in [0.5, 0.6) is 0 Å². The molecular formula is C19H23BrN2O. The van der Waals surface area contributed by atoms with Gasteiger partial charge in [-0.05, 0) is 42.7 Å². The van der Waals surface area contributed by atoms with Crippen LogP contribution in [0.25, 0.3) is 0 Å². The van der Waals surface area contributed by atoms with Crippen molar-refractivity contribution in [2.45, 2.75) is 50.6 Å². The number of nitrogens with one attached hydrogen (secondary N) is 1. The summed E-state index contributed by atoms with van der Waals surface area (Å²) in [5.41, 5.74) is 1.16. The highest BCUT2D eigenvalue weighted by atomic mass is 79.9. The van der Waals surface area contributed by atoms with Crippen molar-refractivity contribution in [3.8, 4) is 0 Å². The van der Waals surface area contributed by atoms with Crippen LogP contribution in [0, 0.1) is 0 Å². The lowest BCUT2D eigenvalue weighted by Gasteiger charge is -2.25. The average Bonchev–Trinajstić information content (AvgIpc) is 3.09. The molecule has 0 aliphatic heterocycles. The van der Waals surface area contributed by atoms with Crippen LogP contribution in [0.4, 0.5) is 0 Å². The van der Waals surface area contributed by atoms with Crippen LogP contribution >= 0.6 is 15.9 Å². The van der Waals surface area contributed by atoms with Crippen LogP contribution < -0.4 is 5.32 Å². The highest BCUT2D eigenvalue weighted by Crippen LogP contribution is 2.25. The van der Waals surface area contributed by atoms with E-state index in [0.717, 1.165) is 22.9 Å². The number of halogens is 1. The smallest absolute Gasteiger partial charge is 0.222 e. The molecule has 23 heavy (non-hydrogen) atoms. The van der Waals surface area contributed by atoms with Gasteiger partial charge in [0.1, 0.15) is 0 Å². The van der Waals surface area contributed by atoms with E-state index in [0.29, 0.717) is 12.5 Å². The van der Waals surface area contributed by atoms with Gasteiger partial charge in [-0.25, -0.2) is 0 Å². The van der Waals surface area contributed by atoms with Gasteiger partial charge in [0.25, 0.3) is 0 Å². The molecule has 0 radical (unpaired) electrons. The number of carbonyl (C=O) groups excluding carboxylic acids is 1. The van der Waals surface area contributed by atoms with Crippen molar-refractivity contribution in [2.24, 2.45) is 0 Å². The Morgan fingerprint density at radius 1 is 1.13 bits per heavy atom. The maximum absolute atomic E-state index is 12.5. The largest absolute Gasteiger partial charge is 0.353 e. The molecule has 3 rings (SSSR count). The summed E-state index contributed by atoms with van der Waals surface area (Å²) < 4.78 is 3.17. The highest BCUT2D eigenvalue weighted by Gasteiger charge is 2.20. The fraction of sp³-hybridized carbons (Fsp3) is 0.421. The molecule has 1 saturated carbocycles. The molecule has 2 aromatic rings. The number of carbonyl (C=O) groups is 1. The van der Waals surface area contributed by atoms with E-state index in [1.165, 1.54) is 19.3 Å². The minimum atomic E-state index is 0.0432. The second-order valence-electron chi connectivity index (χ2n) is 6.30. The number of rotatable bonds is 5. The second kappa shape index (κ2) is 7.82. The van der Waals surface area contributed by atoms with Crippen molar-refractivity contribution >= 4 is 21.8 Å². The van der Waals surface area contributed by atoms with Crippen molar-refractivity contribution < 1.29 is 4.79 Å². The first-order chi connectivity index (χ1) is 11.2. The standard InChI is InChI=1S/C19H23BrN2O/c20-16-10-8-15(9-11-16)18(22-12-4-5-13-22)14-19(23)21-17-6-2-1-3-7-17/h4-5,8-13,17-18H,1-3,6-7,14H2,(H,21,23)/t18-/m1/s1. The zero-order valence-corrected chi connectivity index (χ0v) is 14.8. The van der Waals surface area contributed by atoms with Crippen LogP contribution in [0.3, 0.4) is 0 Å². The molecule has 1 aromatic heterocycles. The zero-order valence-electron chi connectivity index (χ0n) is 13.2. The quantitative estimate of drug-likeness (QED) is 0.809. The third-order valence-corrected chi connectivity index (χ3v) is 5.12. The first-order valence-corrected chi connectivity index (χ1v) is 9.19. The predicted octanol–water partition coefficient (Wildman–Crippen LogP) is 4.68. The zero-order chi connectivity index (χ0) is 16.1. The third-order valence-electron chi connectivity index (χ3n) is 4.59. The minimum Gasteiger partial charge on any atom is -0.353 e. The van der Waals surface area contributed by atoms with Crippen molar-refractivity contribution in [1.82, 2.24) is 9.88 Å². The molecule has 1 heterocycles. The number of amides is 1. The summed E-state index contributed by atoms with van der Waals surface area (Å²) in [7, 11) is 0. The number of nitrogens with zero attached hydrogens (tertiary/aromatic N) is 1. The van der Waals surface area contributed by atoms with E-state index >= 15 is 0 Å². The van der Waals surface area contributed by atoms with E-state index in [-0.39, 0.29) is 11.9 Å². The van der Waals surface area contributed by atoms with E-state index < -0.39 is 0 Å². The molecule has 1 N–H and O–H groups in total. The van der Waals surface area contributed by atoms with Crippen molar-refractivity contribution in [1.29, 1.82) is 0 Å². The van der Waals surface area contributed by atoms with Gasteiger partial charge in [-0.15, -0.1) is 0 Å². The molecule has 122 valence electrons. The Balaban J connectivity index is 1.71. The Morgan fingerprint density at radius 3 is 2.43 bits per heavy atom. The molecule has 1 atom stereocenters. The Labute approximate surface area is 146 Å². The van der Waals surface area contributed by atoms with Crippen molar-refractivity contribution in [2.75, 3.05) is 0 Å². The number of aromatic nitrogens is 1. The van der Waals surface area contributed by atoms with Gasteiger partial charge in [0, 0.05) is 22.9 Å². The SMILES string of the molecule is O=C(C[C@H](c1ccc(Br)cc1)n1cccc1)NC1CCCCC1. The number of benzene rings is 1. The van der Waals surface area contributed by atoms with Crippen LogP contribution in [0.2, 0.25) is 0 Å². The molecular weight excluding hydrogens is 352 g/mol. The maximum atomic E-state index is 12.5. The van der Waals surface area contributed by atoms with Gasteiger partial charge >= 0.3 is 0 Å². The molecule has 0 bridgehead atoms. The molecule has 1 amide bonds. The molecule has 4 heteroatoms. The Hall–Kier alpha value is -1.55. The summed E-state index contributed by atoms with van der Waals surface area (Å²) in [6.45, 7) is 0. The van der Waals surface area contributed by atoms with Gasteiger partial charge in [-0.2, -0.15) is 0 Å². The fourth-order valence-corrected chi connectivity index (χ4v) is 3.61. The van der Waals surface area contributed by atoms with Crippen LogP contribution in [0.15, 0.2) is 53.3 Å². The molecule has 1 aliphatic rings.